The molecule has 3 aromatic carbocycles. The highest BCUT2D eigenvalue weighted by Crippen LogP contribution is 2.50. The lowest BCUT2D eigenvalue weighted by Gasteiger charge is -2.36. The Morgan fingerprint density at radius 3 is 2.00 bits per heavy atom. The lowest BCUT2D eigenvalue weighted by Crippen LogP contribution is -2.41. The molecule has 0 amide bonds. The maximum absolute atomic E-state index is 13.0. The van der Waals surface area contributed by atoms with Crippen LogP contribution in [0.25, 0.3) is 0 Å². The molecule has 0 radical (unpaired) electrons. The average Bonchev–Trinajstić information content (AvgIpc) is 3.22. The van der Waals surface area contributed by atoms with E-state index in [4.69, 9.17) is 18.9 Å². The van der Waals surface area contributed by atoms with Gasteiger partial charge in [0, 0.05) is 5.56 Å². The van der Waals surface area contributed by atoms with Crippen LogP contribution >= 0.6 is 0 Å². The van der Waals surface area contributed by atoms with Crippen LogP contribution in [0.4, 0.5) is 0 Å². The third-order valence-electron chi connectivity index (χ3n) is 7.71. The summed E-state index contributed by atoms with van der Waals surface area (Å²) in [7, 11) is 1.32. The van der Waals surface area contributed by atoms with Crippen molar-refractivity contribution in [3.8, 4) is 17.2 Å². The molecule has 3 aromatic rings. The Labute approximate surface area is 211 Å². The molecule has 6 nitrogen and oxygen atoms in total. The summed E-state index contributed by atoms with van der Waals surface area (Å²) in [6, 6.07) is 10.3. The number of esters is 2. The molecule has 0 saturated carbocycles. The van der Waals surface area contributed by atoms with Crippen LogP contribution in [0.1, 0.15) is 59.7 Å². The fourth-order valence-electron chi connectivity index (χ4n) is 5.46. The maximum Gasteiger partial charge on any atom is 0.343 e. The Balaban J connectivity index is 1.49. The largest absolute Gasteiger partial charge is 0.492 e. The van der Waals surface area contributed by atoms with E-state index in [0.717, 1.165) is 34.6 Å². The maximum atomic E-state index is 13.0. The fourth-order valence-corrected chi connectivity index (χ4v) is 5.46. The molecule has 2 aliphatic rings. The van der Waals surface area contributed by atoms with Crippen LogP contribution in [-0.2, 0) is 16.6 Å². The molecule has 2 aliphatic heterocycles. The molecule has 0 aliphatic carbocycles. The van der Waals surface area contributed by atoms with Crippen molar-refractivity contribution >= 4 is 11.9 Å². The fraction of sp³-hybridized carbons (Fsp3) is 0.333. The van der Waals surface area contributed by atoms with Gasteiger partial charge in [0.05, 0.1) is 23.7 Å². The van der Waals surface area contributed by atoms with E-state index in [1.165, 1.54) is 29.4 Å². The van der Waals surface area contributed by atoms with Gasteiger partial charge in [0.25, 0.3) is 0 Å². The lowest BCUT2D eigenvalue weighted by atomic mass is 9.73. The highest BCUT2D eigenvalue weighted by atomic mass is 16.5. The van der Waals surface area contributed by atoms with E-state index >= 15 is 0 Å². The second kappa shape index (κ2) is 8.70. The summed E-state index contributed by atoms with van der Waals surface area (Å²) in [5, 5.41) is 0. The van der Waals surface area contributed by atoms with E-state index < -0.39 is 11.9 Å². The molecule has 0 fully saturated rings. The van der Waals surface area contributed by atoms with Crippen LogP contribution < -0.4 is 14.2 Å². The number of carbonyl (C=O) groups excluding carboxylic acids is 2. The summed E-state index contributed by atoms with van der Waals surface area (Å²) >= 11 is 0. The summed E-state index contributed by atoms with van der Waals surface area (Å²) in [5.41, 5.74) is 8.09. The van der Waals surface area contributed by atoms with Gasteiger partial charge in [-0.25, -0.2) is 9.59 Å². The van der Waals surface area contributed by atoms with Crippen molar-refractivity contribution in [1.29, 1.82) is 0 Å². The van der Waals surface area contributed by atoms with Crippen LogP contribution in [-0.4, -0.2) is 32.3 Å². The van der Waals surface area contributed by atoms with Crippen molar-refractivity contribution < 1.29 is 28.5 Å². The van der Waals surface area contributed by atoms with Crippen LogP contribution in [0.5, 0.6) is 17.2 Å². The Kier molecular flexibility index (Phi) is 5.78. The third-order valence-corrected chi connectivity index (χ3v) is 7.71. The molecular weight excluding hydrogens is 456 g/mol. The third kappa shape index (κ3) is 3.72. The number of benzene rings is 3. The molecule has 5 rings (SSSR count). The van der Waals surface area contributed by atoms with Gasteiger partial charge in [-0.2, -0.15) is 0 Å². The summed E-state index contributed by atoms with van der Waals surface area (Å²) < 4.78 is 23.2. The van der Waals surface area contributed by atoms with Gasteiger partial charge in [0.1, 0.15) is 30.5 Å². The van der Waals surface area contributed by atoms with Crippen LogP contribution in [0.15, 0.2) is 36.4 Å². The van der Waals surface area contributed by atoms with Crippen molar-refractivity contribution in [2.75, 3.05) is 20.3 Å². The number of rotatable bonds is 3. The first-order chi connectivity index (χ1) is 17.1. The quantitative estimate of drug-likeness (QED) is 0.360. The van der Waals surface area contributed by atoms with Gasteiger partial charge in [-0.15, -0.1) is 0 Å². The molecule has 0 bridgehead atoms. The Morgan fingerprint density at radius 2 is 1.36 bits per heavy atom. The molecule has 36 heavy (non-hydrogen) atoms. The number of hydrogen-bond acceptors (Lipinski definition) is 6. The average molecular weight is 487 g/mol. The zero-order valence-corrected chi connectivity index (χ0v) is 21.5. The van der Waals surface area contributed by atoms with E-state index in [1.807, 2.05) is 19.9 Å². The smallest absolute Gasteiger partial charge is 0.343 e. The van der Waals surface area contributed by atoms with Crippen LogP contribution in [0.2, 0.25) is 0 Å². The van der Waals surface area contributed by atoms with Crippen LogP contribution in [0.3, 0.4) is 0 Å². The van der Waals surface area contributed by atoms with Crippen molar-refractivity contribution in [1.82, 2.24) is 0 Å². The van der Waals surface area contributed by atoms with Crippen LogP contribution in [0, 0.1) is 34.6 Å². The number of fused-ring (bicyclic) bond motifs is 3. The zero-order valence-electron chi connectivity index (χ0n) is 21.5. The van der Waals surface area contributed by atoms with Crippen molar-refractivity contribution in [3.05, 3.63) is 86.5 Å². The summed E-state index contributed by atoms with van der Waals surface area (Å²) in [5.74, 6) is 1.35. The monoisotopic (exact) mass is 486 g/mol. The van der Waals surface area contributed by atoms with Crippen molar-refractivity contribution in [2.45, 2.75) is 46.5 Å². The van der Waals surface area contributed by atoms with Gasteiger partial charge in [-0.3, -0.25) is 0 Å². The Morgan fingerprint density at radius 1 is 0.778 bits per heavy atom. The molecule has 0 saturated heterocycles. The molecule has 2 heterocycles. The minimum absolute atomic E-state index is 0.351. The van der Waals surface area contributed by atoms with E-state index in [1.54, 1.807) is 24.3 Å². The molecule has 0 N–H and O–H groups in total. The minimum Gasteiger partial charge on any atom is -0.492 e. The predicted molar refractivity (Wildman–Crippen MR) is 136 cm³/mol. The van der Waals surface area contributed by atoms with Gasteiger partial charge in [0.2, 0.25) is 0 Å². The summed E-state index contributed by atoms with van der Waals surface area (Å²) in [6.45, 7) is 11.3. The Hall–Kier alpha value is -3.80. The first-order valence-corrected chi connectivity index (χ1v) is 12.1. The first kappa shape index (κ1) is 23.9. The van der Waals surface area contributed by atoms with Gasteiger partial charge in [-0.05, 0) is 111 Å². The zero-order chi connectivity index (χ0) is 25.8. The Bertz CT molecular complexity index is 1400. The van der Waals surface area contributed by atoms with E-state index in [9.17, 15) is 9.59 Å². The predicted octanol–water partition coefficient (Wildman–Crippen LogP) is 5.50. The van der Waals surface area contributed by atoms with Gasteiger partial charge in [-0.1, -0.05) is 0 Å². The molecule has 186 valence electrons. The van der Waals surface area contributed by atoms with Crippen molar-refractivity contribution in [2.24, 2.45) is 0 Å². The molecule has 1 unspecified atom stereocenters. The highest BCUT2D eigenvalue weighted by Gasteiger charge is 2.47. The van der Waals surface area contributed by atoms with Crippen molar-refractivity contribution in [3.63, 3.8) is 0 Å². The molecule has 6 heteroatoms. The molecule has 1 spiro atoms. The topological polar surface area (TPSA) is 71.1 Å². The molecule has 0 aromatic heterocycles. The normalized spacial score (nSPS) is 17.6. The van der Waals surface area contributed by atoms with E-state index in [2.05, 4.69) is 26.8 Å². The first-order valence-electron chi connectivity index (χ1n) is 12.1. The number of carbonyl (C=O) groups is 2. The summed E-state index contributed by atoms with van der Waals surface area (Å²) in [4.78, 5) is 24.7. The van der Waals surface area contributed by atoms with Gasteiger partial charge < -0.3 is 18.9 Å². The van der Waals surface area contributed by atoms with E-state index in [0.29, 0.717) is 30.1 Å². The minimum atomic E-state index is -0.488. The molecular formula is C30H30O6. The number of hydrogen-bond donors (Lipinski definition) is 0. The van der Waals surface area contributed by atoms with E-state index in [-0.39, 0.29) is 5.41 Å². The van der Waals surface area contributed by atoms with Gasteiger partial charge in [0.15, 0.2) is 0 Å². The number of aryl methyl sites for hydroxylation is 2. The molecule has 1 atom stereocenters. The van der Waals surface area contributed by atoms with Gasteiger partial charge >= 0.3 is 11.9 Å². The second-order valence-electron chi connectivity index (χ2n) is 9.93. The summed E-state index contributed by atoms with van der Waals surface area (Å²) in [6.07, 6.45) is 0.800. The lowest BCUT2D eigenvalue weighted by molar-refractivity contribution is 0.0599. The number of methoxy groups -OCH3 is 1. The standard InChI is InChI=1S/C30H30O6/c1-16-11-24-23(19(4)18(16)3)13-30(14-34-24)15-35-25-12-17(2)27(20(5)26(25)30)36-29(32)22-9-7-21(8-10-22)28(31)33-6/h7-12H,13-15H2,1-6H3. The highest BCUT2D eigenvalue weighted by molar-refractivity contribution is 5.94. The number of ether oxygens (including phenoxy) is 4. The SMILES string of the molecule is COC(=O)c1ccc(C(=O)Oc2c(C)cc3c(c2C)C2(COc4cc(C)c(C)c(C)c4C2)CO3)cc1. The second-order valence-corrected chi connectivity index (χ2v) is 9.93.